The third-order valence-corrected chi connectivity index (χ3v) is 5.49. The van der Waals surface area contributed by atoms with Gasteiger partial charge in [0.2, 0.25) is 0 Å². The van der Waals surface area contributed by atoms with Gasteiger partial charge < -0.3 is 14.5 Å². The Bertz CT molecular complexity index is 1150. The quantitative estimate of drug-likeness (QED) is 0.492. The van der Waals surface area contributed by atoms with Crippen LogP contribution in [0.25, 0.3) is 11.3 Å². The van der Waals surface area contributed by atoms with Crippen molar-refractivity contribution in [3.8, 4) is 11.3 Å². The number of carboxylic acids is 1. The molecular weight excluding hydrogens is 380 g/mol. The van der Waals surface area contributed by atoms with Crippen LogP contribution in [0.4, 0.5) is 5.69 Å². The second-order valence-corrected chi connectivity index (χ2v) is 7.45. The molecule has 0 spiro atoms. The molecule has 4 aromatic rings. The molecule has 29 heavy (non-hydrogen) atoms. The fourth-order valence-electron chi connectivity index (χ4n) is 3.25. The van der Waals surface area contributed by atoms with Gasteiger partial charge in [0.25, 0.3) is 0 Å². The zero-order valence-corrected chi connectivity index (χ0v) is 16.5. The highest BCUT2D eigenvalue weighted by molar-refractivity contribution is 7.07. The molecule has 0 saturated heterocycles. The van der Waals surface area contributed by atoms with E-state index in [9.17, 15) is 9.90 Å². The number of hydrogen-bond donors (Lipinski definition) is 0. The average Bonchev–Trinajstić information content (AvgIpc) is 3.17. The molecule has 3 aromatic carbocycles. The lowest BCUT2D eigenvalue weighted by Crippen LogP contribution is -2.38. The number of hydrogen-bond acceptors (Lipinski definition) is 4. The summed E-state index contributed by atoms with van der Waals surface area (Å²) in [6, 6.07) is 28.0. The van der Waals surface area contributed by atoms with E-state index in [1.807, 2.05) is 96.4 Å². The van der Waals surface area contributed by atoms with Crippen LogP contribution in [0.3, 0.4) is 0 Å². The molecular formula is C24H19N2O2S-. The largest absolute Gasteiger partial charge is 0.548 e. The van der Waals surface area contributed by atoms with Crippen molar-refractivity contribution in [1.29, 1.82) is 0 Å². The summed E-state index contributed by atoms with van der Waals surface area (Å²) in [4.78, 5) is 17.6. The Morgan fingerprint density at radius 1 is 0.897 bits per heavy atom. The van der Waals surface area contributed by atoms with Gasteiger partial charge in [-0.25, -0.2) is 4.99 Å². The number of carboxylic acid groups (broad SMARTS) is 1. The summed E-state index contributed by atoms with van der Waals surface area (Å²) in [6.07, 6.45) is 0.321. The Labute approximate surface area is 173 Å². The Hall–Kier alpha value is -3.44. The predicted octanol–water partition coefficient (Wildman–Crippen LogP) is 3.98. The van der Waals surface area contributed by atoms with E-state index in [4.69, 9.17) is 4.99 Å². The molecule has 1 heterocycles. The fraction of sp³-hybridized carbons (Fsp3) is 0.0833. The van der Waals surface area contributed by atoms with Crippen molar-refractivity contribution >= 4 is 23.0 Å². The summed E-state index contributed by atoms with van der Waals surface area (Å²) < 4.78 is 1.79. The van der Waals surface area contributed by atoms with Crippen molar-refractivity contribution in [2.75, 3.05) is 0 Å². The minimum absolute atomic E-state index is 0.321. The van der Waals surface area contributed by atoms with E-state index < -0.39 is 12.0 Å². The third-order valence-electron chi connectivity index (χ3n) is 4.65. The zero-order chi connectivity index (χ0) is 20.1. The number of thiazole rings is 1. The van der Waals surface area contributed by atoms with Crippen molar-refractivity contribution in [3.63, 3.8) is 0 Å². The van der Waals surface area contributed by atoms with Crippen LogP contribution in [0, 0.1) is 0 Å². The summed E-state index contributed by atoms with van der Waals surface area (Å²) in [6.45, 7) is 0. The Kier molecular flexibility index (Phi) is 5.68. The number of para-hydroxylation sites is 1. The second kappa shape index (κ2) is 8.71. The van der Waals surface area contributed by atoms with Crippen molar-refractivity contribution < 1.29 is 9.90 Å². The van der Waals surface area contributed by atoms with E-state index in [0.717, 1.165) is 22.5 Å². The number of rotatable bonds is 6. The van der Waals surface area contributed by atoms with Crippen LogP contribution < -0.4 is 9.91 Å². The molecule has 0 fully saturated rings. The molecule has 4 rings (SSSR count). The van der Waals surface area contributed by atoms with Gasteiger partial charge in [0.15, 0.2) is 4.80 Å². The number of carbonyl (C=O) groups is 1. The van der Waals surface area contributed by atoms with Gasteiger partial charge in [0, 0.05) is 5.38 Å². The topological polar surface area (TPSA) is 57.4 Å². The maximum Gasteiger partial charge on any atom is 0.191 e. The summed E-state index contributed by atoms with van der Waals surface area (Å²) in [5.41, 5.74) is 3.47. The lowest BCUT2D eigenvalue weighted by atomic mass is 10.0. The lowest BCUT2D eigenvalue weighted by Gasteiger charge is -2.23. The number of benzene rings is 3. The minimum atomic E-state index is -1.13. The molecule has 4 nitrogen and oxygen atoms in total. The van der Waals surface area contributed by atoms with Gasteiger partial charge in [0.1, 0.15) is 0 Å². The number of nitrogens with zero attached hydrogens (tertiary/aromatic N) is 2. The van der Waals surface area contributed by atoms with Crippen LogP contribution in [0.1, 0.15) is 11.6 Å². The minimum Gasteiger partial charge on any atom is -0.548 e. The van der Waals surface area contributed by atoms with E-state index in [2.05, 4.69) is 0 Å². The monoisotopic (exact) mass is 399 g/mol. The van der Waals surface area contributed by atoms with Gasteiger partial charge in [0.05, 0.1) is 23.4 Å². The standard InChI is InChI=1S/C24H20N2O2S/c27-23(28)21(16-18-10-4-1-5-11-18)26-22(19-12-6-2-7-13-19)17-29-24(26)25-20-14-8-3-9-15-20/h1-15,17,21H,16H2,(H,27,28)/p-1/t21-/m0/s1. The Balaban J connectivity index is 1.89. The van der Waals surface area contributed by atoms with Crippen LogP contribution in [0.5, 0.6) is 0 Å². The fourth-order valence-corrected chi connectivity index (χ4v) is 4.22. The first-order valence-corrected chi connectivity index (χ1v) is 10.2. The highest BCUT2D eigenvalue weighted by atomic mass is 32.1. The van der Waals surface area contributed by atoms with Crippen molar-refractivity contribution in [2.24, 2.45) is 4.99 Å². The van der Waals surface area contributed by atoms with Crippen LogP contribution in [-0.2, 0) is 11.2 Å². The average molecular weight is 399 g/mol. The number of aromatic nitrogens is 1. The Morgan fingerprint density at radius 2 is 1.48 bits per heavy atom. The van der Waals surface area contributed by atoms with Gasteiger partial charge in [-0.1, -0.05) is 78.9 Å². The number of carbonyl (C=O) groups excluding carboxylic acids is 1. The molecule has 5 heteroatoms. The molecule has 0 amide bonds. The highest BCUT2D eigenvalue weighted by Gasteiger charge is 2.19. The van der Waals surface area contributed by atoms with Gasteiger partial charge in [-0.05, 0) is 29.7 Å². The second-order valence-electron chi connectivity index (χ2n) is 6.61. The SMILES string of the molecule is O=C([O-])[C@H](Cc1ccccc1)n1c(-c2ccccc2)csc1=Nc1ccccc1. The van der Waals surface area contributed by atoms with Crippen molar-refractivity contribution in [2.45, 2.75) is 12.5 Å². The van der Waals surface area contributed by atoms with E-state index in [1.165, 1.54) is 11.3 Å². The number of aliphatic carboxylic acids is 1. The summed E-state index contributed by atoms with van der Waals surface area (Å²) in [5.74, 6) is -1.13. The van der Waals surface area contributed by atoms with Gasteiger partial charge >= 0.3 is 0 Å². The van der Waals surface area contributed by atoms with E-state index in [0.29, 0.717) is 11.2 Å². The Morgan fingerprint density at radius 3 is 2.10 bits per heavy atom. The van der Waals surface area contributed by atoms with Crippen LogP contribution in [-0.4, -0.2) is 10.5 Å². The van der Waals surface area contributed by atoms with E-state index >= 15 is 0 Å². The van der Waals surface area contributed by atoms with Crippen LogP contribution in [0.15, 0.2) is 101 Å². The molecule has 0 aliphatic rings. The van der Waals surface area contributed by atoms with Crippen molar-refractivity contribution in [1.82, 2.24) is 4.57 Å². The molecule has 1 aromatic heterocycles. The van der Waals surface area contributed by atoms with Crippen LogP contribution >= 0.6 is 11.3 Å². The lowest BCUT2D eigenvalue weighted by molar-refractivity contribution is -0.310. The molecule has 0 saturated carbocycles. The third kappa shape index (κ3) is 4.36. The maximum atomic E-state index is 12.2. The van der Waals surface area contributed by atoms with E-state index in [1.54, 1.807) is 4.57 Å². The van der Waals surface area contributed by atoms with Crippen LogP contribution in [0.2, 0.25) is 0 Å². The normalized spacial score (nSPS) is 12.6. The molecule has 0 bridgehead atoms. The molecule has 0 unspecified atom stereocenters. The summed E-state index contributed by atoms with van der Waals surface area (Å²) >= 11 is 1.43. The maximum absolute atomic E-state index is 12.2. The first kappa shape index (κ1) is 18.9. The predicted molar refractivity (Wildman–Crippen MR) is 114 cm³/mol. The molecule has 144 valence electrons. The molecule has 0 aliphatic heterocycles. The molecule has 1 atom stereocenters. The van der Waals surface area contributed by atoms with Gasteiger partial charge in [-0.2, -0.15) is 0 Å². The van der Waals surface area contributed by atoms with Crippen molar-refractivity contribution in [3.05, 3.63) is 107 Å². The first-order valence-electron chi connectivity index (χ1n) is 9.32. The summed E-state index contributed by atoms with van der Waals surface area (Å²) in [7, 11) is 0. The van der Waals surface area contributed by atoms with Gasteiger partial charge in [-0.3, -0.25) is 0 Å². The summed E-state index contributed by atoms with van der Waals surface area (Å²) in [5, 5.41) is 14.2. The smallest absolute Gasteiger partial charge is 0.191 e. The van der Waals surface area contributed by atoms with Gasteiger partial charge in [-0.15, -0.1) is 11.3 Å². The molecule has 0 radical (unpaired) electrons. The first-order chi connectivity index (χ1) is 14.2. The molecule has 0 aliphatic carbocycles. The molecule has 0 N–H and O–H groups in total. The zero-order valence-electron chi connectivity index (χ0n) is 15.6. The van der Waals surface area contributed by atoms with E-state index in [-0.39, 0.29) is 0 Å². The highest BCUT2D eigenvalue weighted by Crippen LogP contribution is 2.25.